The molecule has 0 fully saturated rings. The van der Waals surface area contributed by atoms with Crippen molar-refractivity contribution in [2.45, 2.75) is 33.1 Å². The van der Waals surface area contributed by atoms with Crippen LogP contribution in [0.5, 0.6) is 0 Å². The van der Waals surface area contributed by atoms with Gasteiger partial charge in [0.05, 0.1) is 15.6 Å². The van der Waals surface area contributed by atoms with E-state index in [0.29, 0.717) is 5.92 Å². The molecule has 0 aliphatic heterocycles. The first-order valence-corrected chi connectivity index (χ1v) is 6.56. The first kappa shape index (κ1) is 11.3. The third-order valence-corrected chi connectivity index (χ3v) is 4.32. The van der Waals surface area contributed by atoms with Gasteiger partial charge in [-0.05, 0) is 18.9 Å². The largest absolute Gasteiger partial charge is 0.246 e. The van der Waals surface area contributed by atoms with Gasteiger partial charge >= 0.3 is 0 Å². The van der Waals surface area contributed by atoms with E-state index in [0.717, 1.165) is 12.1 Å². The predicted octanol–water partition coefficient (Wildman–Crippen LogP) is 4.63. The summed E-state index contributed by atoms with van der Waals surface area (Å²) >= 11 is 1.83. The number of aryl methyl sites for hydroxylation is 1. The van der Waals surface area contributed by atoms with Crippen LogP contribution >= 0.6 is 11.3 Å². The van der Waals surface area contributed by atoms with E-state index in [9.17, 15) is 0 Å². The summed E-state index contributed by atoms with van der Waals surface area (Å²) in [6, 6.07) is 10.5. The molecular formula is C14H17NS. The molecule has 0 amide bonds. The lowest BCUT2D eigenvalue weighted by molar-refractivity contribution is 0.724. The van der Waals surface area contributed by atoms with Gasteiger partial charge in [0, 0.05) is 5.92 Å². The zero-order chi connectivity index (χ0) is 11.5. The molecule has 1 unspecified atom stereocenters. The molecule has 84 valence electrons. The predicted molar refractivity (Wildman–Crippen MR) is 71.0 cm³/mol. The Bertz CT molecular complexity index is 459. The van der Waals surface area contributed by atoms with Crippen molar-refractivity contribution in [3.8, 4) is 10.4 Å². The van der Waals surface area contributed by atoms with Gasteiger partial charge < -0.3 is 0 Å². The summed E-state index contributed by atoms with van der Waals surface area (Å²) < 4.78 is 0. The molecule has 1 aromatic carbocycles. The smallest absolute Gasteiger partial charge is 0.0962 e. The number of rotatable bonds is 3. The van der Waals surface area contributed by atoms with Crippen LogP contribution in [0.3, 0.4) is 0 Å². The summed E-state index contributed by atoms with van der Waals surface area (Å²) in [5.74, 6) is 0.571. The minimum atomic E-state index is 0.571. The first-order chi connectivity index (χ1) is 7.72. The van der Waals surface area contributed by atoms with Crippen molar-refractivity contribution in [2.24, 2.45) is 0 Å². The molecule has 0 spiro atoms. The van der Waals surface area contributed by atoms with Crippen molar-refractivity contribution in [1.82, 2.24) is 4.98 Å². The molecule has 1 atom stereocenters. The van der Waals surface area contributed by atoms with Crippen LogP contribution in [0.1, 0.15) is 36.9 Å². The van der Waals surface area contributed by atoms with E-state index in [1.54, 1.807) is 0 Å². The van der Waals surface area contributed by atoms with Crippen molar-refractivity contribution >= 4 is 11.3 Å². The summed E-state index contributed by atoms with van der Waals surface area (Å²) in [5.41, 5.74) is 2.44. The van der Waals surface area contributed by atoms with Crippen LogP contribution in [0.4, 0.5) is 0 Å². The molecular weight excluding hydrogens is 214 g/mol. The highest BCUT2D eigenvalue weighted by molar-refractivity contribution is 7.15. The summed E-state index contributed by atoms with van der Waals surface area (Å²) in [6.45, 7) is 6.56. The Hall–Kier alpha value is -1.15. The Morgan fingerprint density at radius 1 is 1.25 bits per heavy atom. The Morgan fingerprint density at radius 3 is 2.56 bits per heavy atom. The minimum absolute atomic E-state index is 0.571. The third kappa shape index (κ3) is 2.17. The summed E-state index contributed by atoms with van der Waals surface area (Å²) in [5, 5.41) is 1.26. The van der Waals surface area contributed by atoms with Crippen molar-refractivity contribution in [1.29, 1.82) is 0 Å². The SMILES string of the molecule is CCC(C)c1nc(C)c(-c2ccccc2)s1. The third-order valence-electron chi connectivity index (χ3n) is 2.88. The Morgan fingerprint density at radius 2 is 1.94 bits per heavy atom. The zero-order valence-electron chi connectivity index (χ0n) is 10.0. The van der Waals surface area contributed by atoms with Crippen molar-refractivity contribution in [3.05, 3.63) is 41.0 Å². The van der Waals surface area contributed by atoms with E-state index in [2.05, 4.69) is 56.1 Å². The average Bonchev–Trinajstić information content (AvgIpc) is 2.71. The number of hydrogen-bond donors (Lipinski definition) is 0. The molecule has 2 aromatic rings. The minimum Gasteiger partial charge on any atom is -0.246 e. The molecule has 0 aliphatic carbocycles. The number of thiazole rings is 1. The molecule has 1 aromatic heterocycles. The topological polar surface area (TPSA) is 12.9 Å². The second-order valence-corrected chi connectivity index (χ2v) is 5.17. The van der Waals surface area contributed by atoms with E-state index >= 15 is 0 Å². The molecule has 1 heterocycles. The maximum atomic E-state index is 4.68. The number of hydrogen-bond acceptors (Lipinski definition) is 2. The highest BCUT2D eigenvalue weighted by Crippen LogP contribution is 2.33. The van der Waals surface area contributed by atoms with Crippen LogP contribution in [0.25, 0.3) is 10.4 Å². The van der Waals surface area contributed by atoms with E-state index in [1.165, 1.54) is 15.4 Å². The fourth-order valence-corrected chi connectivity index (χ4v) is 2.87. The van der Waals surface area contributed by atoms with Gasteiger partial charge in [0.1, 0.15) is 0 Å². The normalized spacial score (nSPS) is 12.7. The molecule has 0 bridgehead atoms. The highest BCUT2D eigenvalue weighted by atomic mass is 32.1. The Balaban J connectivity index is 2.40. The van der Waals surface area contributed by atoms with Crippen molar-refractivity contribution < 1.29 is 0 Å². The van der Waals surface area contributed by atoms with Gasteiger partial charge in [-0.2, -0.15) is 0 Å². The molecule has 0 saturated heterocycles. The summed E-state index contributed by atoms with van der Waals surface area (Å²) in [6.07, 6.45) is 1.15. The van der Waals surface area contributed by atoms with E-state index in [4.69, 9.17) is 0 Å². The van der Waals surface area contributed by atoms with Crippen LogP contribution in [-0.4, -0.2) is 4.98 Å². The lowest BCUT2D eigenvalue weighted by atomic mass is 10.1. The lowest BCUT2D eigenvalue weighted by Gasteiger charge is -2.01. The number of benzene rings is 1. The van der Waals surface area contributed by atoms with Crippen LogP contribution < -0.4 is 0 Å². The fourth-order valence-electron chi connectivity index (χ4n) is 1.66. The molecule has 2 rings (SSSR count). The Labute approximate surface area is 101 Å². The Kier molecular flexibility index (Phi) is 3.39. The average molecular weight is 231 g/mol. The standard InChI is InChI=1S/C14H17NS/c1-4-10(2)14-15-11(3)13(16-14)12-8-6-5-7-9-12/h5-10H,4H2,1-3H3. The molecule has 0 radical (unpaired) electrons. The maximum absolute atomic E-state index is 4.68. The lowest BCUT2D eigenvalue weighted by Crippen LogP contribution is -1.89. The monoisotopic (exact) mass is 231 g/mol. The second kappa shape index (κ2) is 4.79. The van der Waals surface area contributed by atoms with Crippen molar-refractivity contribution in [3.63, 3.8) is 0 Å². The molecule has 0 N–H and O–H groups in total. The summed E-state index contributed by atoms with van der Waals surface area (Å²) in [4.78, 5) is 5.99. The van der Waals surface area contributed by atoms with Gasteiger partial charge in [0.2, 0.25) is 0 Å². The van der Waals surface area contributed by atoms with E-state index in [-0.39, 0.29) is 0 Å². The zero-order valence-corrected chi connectivity index (χ0v) is 10.8. The van der Waals surface area contributed by atoms with Gasteiger partial charge in [-0.25, -0.2) is 4.98 Å². The van der Waals surface area contributed by atoms with Gasteiger partial charge in [0.15, 0.2) is 0 Å². The van der Waals surface area contributed by atoms with Gasteiger partial charge in [0.25, 0.3) is 0 Å². The van der Waals surface area contributed by atoms with Gasteiger partial charge in [-0.3, -0.25) is 0 Å². The van der Waals surface area contributed by atoms with Gasteiger partial charge in [-0.1, -0.05) is 44.2 Å². The van der Waals surface area contributed by atoms with Crippen LogP contribution in [0.2, 0.25) is 0 Å². The summed E-state index contributed by atoms with van der Waals surface area (Å²) in [7, 11) is 0. The van der Waals surface area contributed by atoms with E-state index in [1.807, 2.05) is 11.3 Å². The molecule has 1 nitrogen and oxygen atoms in total. The molecule has 2 heteroatoms. The fraction of sp³-hybridized carbons (Fsp3) is 0.357. The van der Waals surface area contributed by atoms with E-state index < -0.39 is 0 Å². The number of nitrogens with zero attached hydrogens (tertiary/aromatic N) is 1. The second-order valence-electron chi connectivity index (χ2n) is 4.14. The number of aromatic nitrogens is 1. The van der Waals surface area contributed by atoms with Gasteiger partial charge in [-0.15, -0.1) is 11.3 Å². The van der Waals surface area contributed by atoms with Crippen molar-refractivity contribution in [2.75, 3.05) is 0 Å². The van der Waals surface area contributed by atoms with Crippen LogP contribution in [0, 0.1) is 6.92 Å². The van der Waals surface area contributed by atoms with Crippen LogP contribution in [-0.2, 0) is 0 Å². The highest BCUT2D eigenvalue weighted by Gasteiger charge is 2.13. The first-order valence-electron chi connectivity index (χ1n) is 5.75. The molecule has 0 saturated carbocycles. The van der Waals surface area contributed by atoms with Crippen LogP contribution in [0.15, 0.2) is 30.3 Å². The maximum Gasteiger partial charge on any atom is 0.0962 e. The molecule has 0 aliphatic rings. The quantitative estimate of drug-likeness (QED) is 0.750. The molecule has 16 heavy (non-hydrogen) atoms.